The van der Waals surface area contributed by atoms with E-state index in [1.807, 2.05) is 32.0 Å². The highest BCUT2D eigenvalue weighted by Gasteiger charge is 2.32. The second kappa shape index (κ2) is 10.4. The maximum atomic E-state index is 12.9. The molecule has 0 aromatic heterocycles. The van der Waals surface area contributed by atoms with Gasteiger partial charge in [0.1, 0.15) is 0 Å². The monoisotopic (exact) mass is 403 g/mol. The molecular formula is C22H33N3O4. The van der Waals surface area contributed by atoms with E-state index in [4.69, 9.17) is 4.74 Å². The third-order valence-electron chi connectivity index (χ3n) is 5.64. The van der Waals surface area contributed by atoms with Crippen LogP contribution in [0.5, 0.6) is 0 Å². The van der Waals surface area contributed by atoms with Crippen LogP contribution in [-0.4, -0.2) is 66.9 Å². The van der Waals surface area contributed by atoms with Crippen LogP contribution in [-0.2, 0) is 19.1 Å². The number of hydrogen-bond donors (Lipinski definition) is 1. The summed E-state index contributed by atoms with van der Waals surface area (Å²) >= 11 is 0. The van der Waals surface area contributed by atoms with Crippen molar-refractivity contribution in [2.45, 2.75) is 46.6 Å². The molecule has 1 saturated heterocycles. The van der Waals surface area contributed by atoms with Gasteiger partial charge >= 0.3 is 5.97 Å². The van der Waals surface area contributed by atoms with Crippen molar-refractivity contribution in [2.24, 2.45) is 5.92 Å². The first kappa shape index (κ1) is 22.9. The van der Waals surface area contributed by atoms with Crippen molar-refractivity contribution in [3.05, 3.63) is 29.3 Å². The molecule has 2 unspecified atom stereocenters. The lowest BCUT2D eigenvalue weighted by molar-refractivity contribution is -0.152. The third kappa shape index (κ3) is 6.03. The van der Waals surface area contributed by atoms with Crippen molar-refractivity contribution in [1.29, 1.82) is 0 Å². The lowest BCUT2D eigenvalue weighted by atomic mass is 9.97. The van der Waals surface area contributed by atoms with E-state index in [1.54, 1.807) is 30.7 Å². The Labute approximate surface area is 173 Å². The number of hydrogen-bond acceptors (Lipinski definition) is 5. The Morgan fingerprint density at radius 3 is 2.72 bits per heavy atom. The molecule has 1 fully saturated rings. The number of carbonyl (C=O) groups is 3. The number of piperidine rings is 1. The molecule has 0 saturated carbocycles. The molecule has 1 N–H and O–H groups in total. The summed E-state index contributed by atoms with van der Waals surface area (Å²) < 4.78 is 5.10. The summed E-state index contributed by atoms with van der Waals surface area (Å²) in [5, 5.41) is 2.92. The molecule has 1 aromatic rings. The minimum Gasteiger partial charge on any atom is -0.466 e. The molecule has 0 radical (unpaired) electrons. The molecular weight excluding hydrogens is 370 g/mol. The number of likely N-dealkylation sites (tertiary alicyclic amines) is 1. The van der Waals surface area contributed by atoms with Crippen molar-refractivity contribution in [2.75, 3.05) is 38.6 Å². The fraction of sp³-hybridized carbons (Fsp3) is 0.591. The second-order valence-electron chi connectivity index (χ2n) is 7.76. The minimum absolute atomic E-state index is 0.0685. The fourth-order valence-electron chi connectivity index (χ4n) is 3.52. The van der Waals surface area contributed by atoms with Gasteiger partial charge in [-0.2, -0.15) is 0 Å². The average molecular weight is 404 g/mol. The molecule has 1 aliphatic rings. The van der Waals surface area contributed by atoms with E-state index in [9.17, 15) is 14.4 Å². The molecule has 0 spiro atoms. The number of benzene rings is 1. The predicted octanol–water partition coefficient (Wildman–Crippen LogP) is 2.36. The summed E-state index contributed by atoms with van der Waals surface area (Å²) in [5.41, 5.74) is 2.93. The largest absolute Gasteiger partial charge is 0.466 e. The van der Waals surface area contributed by atoms with Crippen LogP contribution in [0.4, 0.5) is 5.69 Å². The zero-order chi connectivity index (χ0) is 21.6. The second-order valence-corrected chi connectivity index (χ2v) is 7.76. The Kier molecular flexibility index (Phi) is 8.20. The summed E-state index contributed by atoms with van der Waals surface area (Å²) in [7, 11) is 1.76. The number of nitrogens with one attached hydrogen (secondary N) is 1. The van der Waals surface area contributed by atoms with Gasteiger partial charge in [0.05, 0.1) is 25.1 Å². The van der Waals surface area contributed by atoms with Crippen LogP contribution < -0.4 is 5.32 Å². The van der Waals surface area contributed by atoms with Gasteiger partial charge in [0.15, 0.2) is 0 Å². The van der Waals surface area contributed by atoms with Crippen LogP contribution in [0.25, 0.3) is 0 Å². The van der Waals surface area contributed by atoms with Crippen molar-refractivity contribution in [3.63, 3.8) is 0 Å². The summed E-state index contributed by atoms with van der Waals surface area (Å²) in [6.45, 7) is 9.00. The number of ether oxygens (including phenoxy) is 1. The molecule has 1 heterocycles. The number of carbonyl (C=O) groups excluding carboxylic acids is 3. The molecule has 7 nitrogen and oxygen atoms in total. The van der Waals surface area contributed by atoms with E-state index in [-0.39, 0.29) is 30.2 Å². The van der Waals surface area contributed by atoms with Gasteiger partial charge < -0.3 is 15.0 Å². The van der Waals surface area contributed by atoms with E-state index in [0.717, 1.165) is 29.7 Å². The summed E-state index contributed by atoms with van der Waals surface area (Å²) in [6, 6.07) is 5.32. The zero-order valence-electron chi connectivity index (χ0n) is 18.2. The molecule has 1 aromatic carbocycles. The maximum Gasteiger partial charge on any atom is 0.310 e. The lowest BCUT2D eigenvalue weighted by Gasteiger charge is -2.35. The average Bonchev–Trinajstić information content (AvgIpc) is 2.70. The Bertz CT molecular complexity index is 750. The normalized spacial score (nSPS) is 17.7. The van der Waals surface area contributed by atoms with Crippen LogP contribution in [0, 0.1) is 19.8 Å². The number of amides is 2. The van der Waals surface area contributed by atoms with Crippen LogP contribution in [0.2, 0.25) is 0 Å². The first-order chi connectivity index (χ1) is 13.7. The first-order valence-corrected chi connectivity index (χ1v) is 10.3. The van der Waals surface area contributed by atoms with E-state index < -0.39 is 6.04 Å². The van der Waals surface area contributed by atoms with E-state index >= 15 is 0 Å². The number of anilines is 1. The Balaban J connectivity index is 1.92. The summed E-state index contributed by atoms with van der Waals surface area (Å²) in [6.07, 6.45) is 1.52. The van der Waals surface area contributed by atoms with Gasteiger partial charge in [-0.05, 0) is 64.8 Å². The lowest BCUT2D eigenvalue weighted by Crippen LogP contribution is -2.51. The number of likely N-dealkylation sites (N-methyl/N-ethyl adjacent to an activating group) is 1. The number of nitrogens with zero attached hydrogens (tertiary/aromatic N) is 2. The molecule has 7 heteroatoms. The molecule has 2 amide bonds. The Morgan fingerprint density at radius 2 is 2.03 bits per heavy atom. The molecule has 1 aliphatic heterocycles. The third-order valence-corrected chi connectivity index (χ3v) is 5.64. The van der Waals surface area contributed by atoms with E-state index in [0.29, 0.717) is 19.7 Å². The fourth-order valence-corrected chi connectivity index (χ4v) is 3.52. The highest BCUT2D eigenvalue weighted by Crippen LogP contribution is 2.20. The van der Waals surface area contributed by atoms with Crippen molar-refractivity contribution < 1.29 is 19.1 Å². The summed E-state index contributed by atoms with van der Waals surface area (Å²) in [5.74, 6) is -0.735. The quantitative estimate of drug-likeness (QED) is 0.707. The van der Waals surface area contributed by atoms with Gasteiger partial charge in [0.25, 0.3) is 0 Å². The number of aryl methyl sites for hydroxylation is 1. The number of esters is 1. The van der Waals surface area contributed by atoms with Crippen LogP contribution in [0.3, 0.4) is 0 Å². The van der Waals surface area contributed by atoms with Gasteiger partial charge in [0, 0.05) is 18.8 Å². The van der Waals surface area contributed by atoms with Crippen molar-refractivity contribution in [3.8, 4) is 0 Å². The van der Waals surface area contributed by atoms with Crippen LogP contribution in [0.15, 0.2) is 18.2 Å². The van der Waals surface area contributed by atoms with Crippen LogP contribution in [0.1, 0.15) is 37.8 Å². The van der Waals surface area contributed by atoms with Gasteiger partial charge in [-0.25, -0.2) is 0 Å². The van der Waals surface area contributed by atoms with Gasteiger partial charge in [-0.3, -0.25) is 19.3 Å². The molecule has 29 heavy (non-hydrogen) atoms. The SMILES string of the molecule is CCOC(=O)C1CCCN(C(=O)C(C)N(C)CC(=O)Nc2cccc(C)c2C)C1. The minimum atomic E-state index is -0.458. The van der Waals surface area contributed by atoms with Crippen molar-refractivity contribution in [1.82, 2.24) is 9.80 Å². The van der Waals surface area contributed by atoms with Crippen LogP contribution >= 0.6 is 0 Å². The highest BCUT2D eigenvalue weighted by molar-refractivity contribution is 5.93. The Hall–Kier alpha value is -2.41. The zero-order valence-corrected chi connectivity index (χ0v) is 18.2. The predicted molar refractivity (Wildman–Crippen MR) is 113 cm³/mol. The maximum absolute atomic E-state index is 12.9. The van der Waals surface area contributed by atoms with Gasteiger partial charge in [-0.15, -0.1) is 0 Å². The topological polar surface area (TPSA) is 79.0 Å². The van der Waals surface area contributed by atoms with Gasteiger partial charge in [-0.1, -0.05) is 12.1 Å². The Morgan fingerprint density at radius 1 is 1.31 bits per heavy atom. The first-order valence-electron chi connectivity index (χ1n) is 10.3. The standard InChI is InChI=1S/C22H33N3O4/c1-6-29-22(28)18-10-8-12-25(13-18)21(27)17(4)24(5)14-20(26)23-19-11-7-9-15(2)16(19)3/h7,9,11,17-18H,6,8,10,12-14H2,1-5H3,(H,23,26). The van der Waals surface area contributed by atoms with E-state index in [1.165, 1.54) is 0 Å². The number of rotatable bonds is 7. The van der Waals surface area contributed by atoms with E-state index in [2.05, 4.69) is 5.32 Å². The molecule has 160 valence electrons. The van der Waals surface area contributed by atoms with Crippen molar-refractivity contribution >= 4 is 23.5 Å². The molecule has 2 atom stereocenters. The molecule has 2 rings (SSSR count). The molecule has 0 bridgehead atoms. The molecule has 0 aliphatic carbocycles. The smallest absolute Gasteiger partial charge is 0.310 e. The summed E-state index contributed by atoms with van der Waals surface area (Å²) in [4.78, 5) is 40.8. The highest BCUT2D eigenvalue weighted by atomic mass is 16.5. The van der Waals surface area contributed by atoms with Gasteiger partial charge in [0.2, 0.25) is 11.8 Å².